The average molecular weight is 247 g/mol. The maximum absolute atomic E-state index is 13.0. The van der Waals surface area contributed by atoms with Crippen LogP contribution in [0.15, 0.2) is 30.6 Å². The van der Waals surface area contributed by atoms with Crippen molar-refractivity contribution < 1.29 is 4.39 Å². The molecule has 0 saturated heterocycles. The molecule has 1 fully saturated rings. The standard InChI is InChI=1S/C12H14FN5/c13-9-3-1-8(2-4-9)12-10(14)5-6-11(12)18-7-15-16-17-18/h1-4,7,10-12H,5-6,14H2/t10-,11-,12+/m1/s1. The molecule has 0 bridgehead atoms. The van der Waals surface area contributed by atoms with Crippen LogP contribution in [0.5, 0.6) is 0 Å². The third kappa shape index (κ3) is 1.88. The van der Waals surface area contributed by atoms with Crippen LogP contribution in [-0.2, 0) is 0 Å². The molecule has 2 N–H and O–H groups in total. The lowest BCUT2D eigenvalue weighted by Crippen LogP contribution is -2.27. The molecule has 0 unspecified atom stereocenters. The van der Waals surface area contributed by atoms with E-state index in [-0.39, 0.29) is 23.8 Å². The number of hydrogen-bond acceptors (Lipinski definition) is 4. The van der Waals surface area contributed by atoms with Gasteiger partial charge in [-0.3, -0.25) is 0 Å². The largest absolute Gasteiger partial charge is 0.327 e. The van der Waals surface area contributed by atoms with E-state index < -0.39 is 0 Å². The molecule has 94 valence electrons. The fraction of sp³-hybridized carbons (Fsp3) is 0.417. The maximum Gasteiger partial charge on any atom is 0.138 e. The van der Waals surface area contributed by atoms with Crippen LogP contribution in [0.2, 0.25) is 0 Å². The average Bonchev–Trinajstić information content (AvgIpc) is 2.99. The summed E-state index contributed by atoms with van der Waals surface area (Å²) in [5.41, 5.74) is 7.21. The number of rotatable bonds is 2. The lowest BCUT2D eigenvalue weighted by molar-refractivity contribution is 0.401. The molecule has 0 spiro atoms. The van der Waals surface area contributed by atoms with Gasteiger partial charge < -0.3 is 5.73 Å². The van der Waals surface area contributed by atoms with Crippen LogP contribution < -0.4 is 5.73 Å². The van der Waals surface area contributed by atoms with E-state index in [9.17, 15) is 4.39 Å². The highest BCUT2D eigenvalue weighted by Gasteiger charge is 2.36. The Labute approximate surface area is 104 Å². The van der Waals surface area contributed by atoms with E-state index in [4.69, 9.17) is 5.73 Å². The lowest BCUT2D eigenvalue weighted by Gasteiger charge is -2.22. The number of benzene rings is 1. The minimum absolute atomic E-state index is 0.0599. The zero-order valence-electron chi connectivity index (χ0n) is 9.78. The van der Waals surface area contributed by atoms with E-state index >= 15 is 0 Å². The molecule has 1 heterocycles. The Bertz CT molecular complexity index is 510. The smallest absolute Gasteiger partial charge is 0.138 e. The molecular formula is C12H14FN5. The summed E-state index contributed by atoms with van der Waals surface area (Å²) >= 11 is 0. The Hall–Kier alpha value is -1.82. The highest BCUT2D eigenvalue weighted by molar-refractivity contribution is 5.25. The summed E-state index contributed by atoms with van der Waals surface area (Å²) in [4.78, 5) is 0. The van der Waals surface area contributed by atoms with Crippen molar-refractivity contribution in [2.24, 2.45) is 5.73 Å². The maximum atomic E-state index is 13.0. The first-order chi connectivity index (χ1) is 8.75. The minimum Gasteiger partial charge on any atom is -0.327 e. The van der Waals surface area contributed by atoms with Gasteiger partial charge in [0.15, 0.2) is 0 Å². The Morgan fingerprint density at radius 1 is 1.22 bits per heavy atom. The lowest BCUT2D eigenvalue weighted by atomic mass is 9.91. The minimum atomic E-state index is -0.232. The van der Waals surface area contributed by atoms with Crippen molar-refractivity contribution in [2.75, 3.05) is 0 Å². The number of hydrogen-bond donors (Lipinski definition) is 1. The van der Waals surface area contributed by atoms with Crippen LogP contribution in [0.1, 0.15) is 30.4 Å². The van der Waals surface area contributed by atoms with Gasteiger partial charge in [-0.1, -0.05) is 12.1 Å². The number of aromatic nitrogens is 4. The van der Waals surface area contributed by atoms with Gasteiger partial charge in [0.05, 0.1) is 6.04 Å². The van der Waals surface area contributed by atoms with Crippen molar-refractivity contribution in [2.45, 2.75) is 30.8 Å². The van der Waals surface area contributed by atoms with Gasteiger partial charge in [-0.2, -0.15) is 0 Å². The molecule has 1 aliphatic rings. The summed E-state index contributed by atoms with van der Waals surface area (Å²) in [6.45, 7) is 0. The second-order valence-electron chi connectivity index (χ2n) is 4.68. The quantitative estimate of drug-likeness (QED) is 0.867. The summed E-state index contributed by atoms with van der Waals surface area (Å²) in [7, 11) is 0. The highest BCUT2D eigenvalue weighted by atomic mass is 19.1. The topological polar surface area (TPSA) is 69.6 Å². The SMILES string of the molecule is N[C@@H]1CC[C@@H](n2cnnn2)[C@H]1c1ccc(F)cc1. The molecule has 3 atom stereocenters. The summed E-state index contributed by atoms with van der Waals surface area (Å²) in [6.07, 6.45) is 3.47. The first kappa shape index (κ1) is 11.3. The Balaban J connectivity index is 1.94. The Kier molecular flexibility index (Phi) is 2.79. The van der Waals surface area contributed by atoms with Crippen molar-refractivity contribution in [1.82, 2.24) is 20.2 Å². The van der Waals surface area contributed by atoms with Crippen LogP contribution in [0, 0.1) is 5.82 Å². The predicted octanol–water partition coefficient (Wildman–Crippen LogP) is 1.26. The normalized spacial score (nSPS) is 27.6. The van der Waals surface area contributed by atoms with Crippen LogP contribution >= 0.6 is 0 Å². The third-order valence-electron chi connectivity index (χ3n) is 3.63. The van der Waals surface area contributed by atoms with E-state index in [1.807, 2.05) is 0 Å². The van der Waals surface area contributed by atoms with Gasteiger partial charge >= 0.3 is 0 Å². The predicted molar refractivity (Wildman–Crippen MR) is 63.2 cm³/mol. The molecule has 2 aromatic rings. The van der Waals surface area contributed by atoms with E-state index in [1.165, 1.54) is 12.1 Å². The summed E-state index contributed by atoms with van der Waals surface area (Å²) in [6, 6.07) is 6.74. The van der Waals surface area contributed by atoms with Crippen molar-refractivity contribution in [3.05, 3.63) is 42.0 Å². The zero-order valence-corrected chi connectivity index (χ0v) is 9.78. The van der Waals surface area contributed by atoms with Crippen molar-refractivity contribution in [3.8, 4) is 0 Å². The number of nitrogens with zero attached hydrogens (tertiary/aromatic N) is 4. The summed E-state index contributed by atoms with van der Waals surface area (Å²) in [5, 5.41) is 11.3. The van der Waals surface area contributed by atoms with Gasteiger partial charge in [0, 0.05) is 12.0 Å². The van der Waals surface area contributed by atoms with Crippen LogP contribution in [-0.4, -0.2) is 26.2 Å². The fourth-order valence-electron chi connectivity index (χ4n) is 2.78. The van der Waals surface area contributed by atoms with E-state index in [0.717, 1.165) is 18.4 Å². The summed E-state index contributed by atoms with van der Waals surface area (Å²) < 4.78 is 14.7. The second-order valence-corrected chi connectivity index (χ2v) is 4.68. The van der Waals surface area contributed by atoms with Crippen LogP contribution in [0.4, 0.5) is 4.39 Å². The first-order valence-corrected chi connectivity index (χ1v) is 5.99. The van der Waals surface area contributed by atoms with Crippen molar-refractivity contribution >= 4 is 0 Å². The van der Waals surface area contributed by atoms with E-state index in [0.29, 0.717) is 0 Å². The Morgan fingerprint density at radius 2 is 2.00 bits per heavy atom. The molecule has 0 aliphatic heterocycles. The van der Waals surface area contributed by atoms with E-state index in [2.05, 4.69) is 15.5 Å². The molecular weight excluding hydrogens is 233 g/mol. The van der Waals surface area contributed by atoms with Crippen LogP contribution in [0.3, 0.4) is 0 Å². The molecule has 1 aliphatic carbocycles. The molecule has 1 aromatic carbocycles. The van der Waals surface area contributed by atoms with Crippen molar-refractivity contribution in [3.63, 3.8) is 0 Å². The second kappa shape index (κ2) is 4.45. The molecule has 18 heavy (non-hydrogen) atoms. The Morgan fingerprint density at radius 3 is 2.67 bits per heavy atom. The molecule has 0 amide bonds. The monoisotopic (exact) mass is 247 g/mol. The fourth-order valence-corrected chi connectivity index (χ4v) is 2.78. The molecule has 0 radical (unpaired) electrons. The molecule has 1 saturated carbocycles. The van der Waals surface area contributed by atoms with Gasteiger partial charge in [0.2, 0.25) is 0 Å². The van der Waals surface area contributed by atoms with Crippen LogP contribution in [0.25, 0.3) is 0 Å². The highest BCUT2D eigenvalue weighted by Crippen LogP contribution is 2.41. The number of nitrogens with two attached hydrogens (primary N) is 1. The van der Waals surface area contributed by atoms with Gasteiger partial charge in [0.25, 0.3) is 0 Å². The number of halogens is 1. The summed E-state index contributed by atoms with van der Waals surface area (Å²) in [5.74, 6) is -0.0987. The molecule has 1 aromatic heterocycles. The zero-order chi connectivity index (χ0) is 12.5. The first-order valence-electron chi connectivity index (χ1n) is 5.99. The molecule has 6 heteroatoms. The van der Waals surface area contributed by atoms with Gasteiger partial charge in [-0.25, -0.2) is 9.07 Å². The van der Waals surface area contributed by atoms with Gasteiger partial charge in [-0.15, -0.1) is 5.10 Å². The number of tetrazole rings is 1. The third-order valence-corrected chi connectivity index (χ3v) is 3.63. The van der Waals surface area contributed by atoms with Crippen molar-refractivity contribution in [1.29, 1.82) is 0 Å². The molecule has 5 nitrogen and oxygen atoms in total. The van der Waals surface area contributed by atoms with E-state index in [1.54, 1.807) is 23.1 Å². The van der Waals surface area contributed by atoms with Gasteiger partial charge in [0.1, 0.15) is 12.1 Å². The molecule has 3 rings (SSSR count). The van der Waals surface area contributed by atoms with Gasteiger partial charge in [-0.05, 0) is 41.0 Å².